The predicted molar refractivity (Wildman–Crippen MR) is 86.0 cm³/mol. The second-order valence-electron chi connectivity index (χ2n) is 5.03. The van der Waals surface area contributed by atoms with Gasteiger partial charge in [-0.15, -0.1) is 11.3 Å². The van der Waals surface area contributed by atoms with Crippen molar-refractivity contribution < 1.29 is 4.79 Å². The van der Waals surface area contributed by atoms with Crippen LogP contribution in [0, 0.1) is 0 Å². The van der Waals surface area contributed by atoms with E-state index in [1.807, 2.05) is 60.3 Å². The van der Waals surface area contributed by atoms with Crippen molar-refractivity contribution in [3.05, 3.63) is 65.3 Å². The number of hydrogen-bond donors (Lipinski definition) is 0. The van der Waals surface area contributed by atoms with Gasteiger partial charge in [-0.3, -0.25) is 4.79 Å². The van der Waals surface area contributed by atoms with Gasteiger partial charge in [-0.25, -0.2) is 4.98 Å². The first kappa shape index (κ1) is 12.3. The summed E-state index contributed by atoms with van der Waals surface area (Å²) in [6.45, 7) is 0. The first-order valence-electron chi connectivity index (χ1n) is 6.66. The van der Waals surface area contributed by atoms with Gasteiger partial charge in [0.2, 0.25) is 0 Å². The molecule has 4 rings (SSSR count). The van der Waals surface area contributed by atoms with Gasteiger partial charge in [0.25, 0.3) is 0 Å². The van der Waals surface area contributed by atoms with Crippen LogP contribution in [-0.4, -0.2) is 15.3 Å². The monoisotopic (exact) mass is 292 g/mol. The van der Waals surface area contributed by atoms with Gasteiger partial charge in [0.15, 0.2) is 5.78 Å². The number of aromatic nitrogens is 2. The molecule has 4 aromatic rings. The molecular formula is C17H12N2OS. The molecule has 2 aromatic carbocycles. The predicted octanol–water partition coefficient (Wildman–Crippen LogP) is 4.02. The van der Waals surface area contributed by atoms with Gasteiger partial charge in [-0.05, 0) is 24.3 Å². The molecule has 2 aromatic heterocycles. The zero-order valence-corrected chi connectivity index (χ0v) is 12.2. The molecule has 0 N–H and O–H groups in total. The van der Waals surface area contributed by atoms with Gasteiger partial charge in [-0.2, -0.15) is 0 Å². The average molecular weight is 292 g/mol. The lowest BCUT2D eigenvalue weighted by molar-refractivity contribution is 0.104. The lowest BCUT2D eigenvalue weighted by Crippen LogP contribution is -2.00. The molecule has 3 nitrogen and oxygen atoms in total. The molecule has 0 radical (unpaired) electrons. The number of carbonyl (C=O) groups excluding carboxylic acids is 1. The lowest BCUT2D eigenvalue weighted by Gasteiger charge is -2.00. The Balaban J connectivity index is 1.89. The highest BCUT2D eigenvalue weighted by Crippen LogP contribution is 2.25. The first-order chi connectivity index (χ1) is 10.2. The summed E-state index contributed by atoms with van der Waals surface area (Å²) in [5, 5.41) is 0.989. The number of carbonyl (C=O) groups is 1. The Bertz CT molecular complexity index is 981. The van der Waals surface area contributed by atoms with Gasteiger partial charge in [0.05, 0.1) is 15.7 Å². The second kappa shape index (κ2) is 4.53. The number of hydrogen-bond acceptors (Lipinski definition) is 3. The number of rotatable bonds is 2. The number of fused-ring (bicyclic) bond motifs is 2. The average Bonchev–Trinajstić information content (AvgIpc) is 3.11. The third kappa shape index (κ3) is 1.87. The highest BCUT2D eigenvalue weighted by atomic mass is 32.1. The van der Waals surface area contributed by atoms with E-state index in [9.17, 15) is 4.79 Å². The Morgan fingerprint density at radius 1 is 1.19 bits per heavy atom. The molecule has 0 aliphatic rings. The molecule has 0 bridgehead atoms. The molecule has 0 spiro atoms. The fraction of sp³-hybridized carbons (Fsp3) is 0.0588. The number of benzene rings is 2. The van der Waals surface area contributed by atoms with Crippen molar-refractivity contribution in [2.24, 2.45) is 7.05 Å². The van der Waals surface area contributed by atoms with Crippen LogP contribution >= 0.6 is 11.3 Å². The normalized spacial score (nSPS) is 11.3. The van der Waals surface area contributed by atoms with Crippen LogP contribution in [0.5, 0.6) is 0 Å². The van der Waals surface area contributed by atoms with Crippen LogP contribution in [0.25, 0.3) is 21.1 Å². The van der Waals surface area contributed by atoms with Crippen molar-refractivity contribution in [3.63, 3.8) is 0 Å². The molecular weight excluding hydrogens is 280 g/mol. The molecule has 0 fully saturated rings. The molecule has 0 unspecified atom stereocenters. The smallest absolute Gasteiger partial charge is 0.195 e. The van der Waals surface area contributed by atoms with Gasteiger partial charge < -0.3 is 4.57 Å². The zero-order valence-electron chi connectivity index (χ0n) is 11.4. The zero-order chi connectivity index (χ0) is 14.4. The van der Waals surface area contributed by atoms with Crippen LogP contribution in [0.1, 0.15) is 15.9 Å². The van der Waals surface area contributed by atoms with E-state index in [0.717, 1.165) is 26.7 Å². The number of para-hydroxylation sites is 1. The molecule has 0 atom stereocenters. The summed E-state index contributed by atoms with van der Waals surface area (Å²) < 4.78 is 3.09. The topological polar surface area (TPSA) is 34.9 Å². The van der Waals surface area contributed by atoms with E-state index in [-0.39, 0.29) is 5.78 Å². The van der Waals surface area contributed by atoms with Crippen molar-refractivity contribution in [3.8, 4) is 0 Å². The summed E-state index contributed by atoms with van der Waals surface area (Å²) in [4.78, 5) is 17.1. The number of nitrogens with zero attached hydrogens (tertiary/aromatic N) is 2. The van der Waals surface area contributed by atoms with E-state index in [1.165, 1.54) is 0 Å². The highest BCUT2D eigenvalue weighted by molar-refractivity contribution is 7.16. The third-order valence-corrected chi connectivity index (χ3v) is 4.54. The van der Waals surface area contributed by atoms with Gasteiger partial charge >= 0.3 is 0 Å². The van der Waals surface area contributed by atoms with E-state index < -0.39 is 0 Å². The van der Waals surface area contributed by atoms with Crippen LogP contribution in [0.2, 0.25) is 0 Å². The fourth-order valence-corrected chi connectivity index (χ4v) is 3.34. The van der Waals surface area contributed by atoms with Crippen LogP contribution in [0.4, 0.5) is 0 Å². The number of aryl methyl sites for hydroxylation is 1. The number of thiazole rings is 1. The molecule has 0 aliphatic heterocycles. The van der Waals surface area contributed by atoms with Crippen molar-refractivity contribution in [1.29, 1.82) is 0 Å². The molecule has 0 saturated heterocycles. The minimum Gasteiger partial charge on any atom is -0.350 e. The van der Waals surface area contributed by atoms with E-state index in [1.54, 1.807) is 16.8 Å². The Hall–Kier alpha value is -2.46. The van der Waals surface area contributed by atoms with E-state index in [0.29, 0.717) is 5.56 Å². The largest absolute Gasteiger partial charge is 0.350 e. The lowest BCUT2D eigenvalue weighted by atomic mass is 10.0. The van der Waals surface area contributed by atoms with E-state index in [4.69, 9.17) is 0 Å². The maximum absolute atomic E-state index is 12.8. The first-order valence-corrected chi connectivity index (χ1v) is 7.54. The Labute approximate surface area is 125 Å². The van der Waals surface area contributed by atoms with Gasteiger partial charge in [0, 0.05) is 35.3 Å². The summed E-state index contributed by atoms with van der Waals surface area (Å²) in [6.07, 6.45) is 1.90. The minimum atomic E-state index is 0.0432. The maximum atomic E-state index is 12.8. The summed E-state index contributed by atoms with van der Waals surface area (Å²) in [7, 11) is 1.96. The van der Waals surface area contributed by atoms with E-state index in [2.05, 4.69) is 4.98 Å². The Morgan fingerprint density at radius 2 is 2.05 bits per heavy atom. The van der Waals surface area contributed by atoms with Crippen molar-refractivity contribution >= 4 is 38.2 Å². The third-order valence-electron chi connectivity index (χ3n) is 3.73. The van der Waals surface area contributed by atoms with E-state index >= 15 is 0 Å². The Morgan fingerprint density at radius 3 is 2.95 bits per heavy atom. The minimum absolute atomic E-state index is 0.0432. The van der Waals surface area contributed by atoms with Crippen molar-refractivity contribution in [2.45, 2.75) is 0 Å². The van der Waals surface area contributed by atoms with Crippen LogP contribution < -0.4 is 0 Å². The summed E-state index contributed by atoms with van der Waals surface area (Å²) in [5.41, 5.74) is 5.17. The quantitative estimate of drug-likeness (QED) is 0.523. The van der Waals surface area contributed by atoms with Crippen LogP contribution in [0.3, 0.4) is 0 Å². The van der Waals surface area contributed by atoms with Crippen molar-refractivity contribution in [2.75, 3.05) is 0 Å². The highest BCUT2D eigenvalue weighted by Gasteiger charge is 2.16. The fourth-order valence-electron chi connectivity index (χ4n) is 2.68. The molecule has 0 amide bonds. The molecule has 21 heavy (non-hydrogen) atoms. The standard InChI is InChI=1S/C17H12N2OS/c1-19-9-13(12-4-2-3-5-15(12)19)17(20)11-6-7-16-14(8-11)18-10-21-16/h2-10H,1H3. The van der Waals surface area contributed by atoms with Crippen LogP contribution in [-0.2, 0) is 7.05 Å². The van der Waals surface area contributed by atoms with Gasteiger partial charge in [-0.1, -0.05) is 18.2 Å². The molecule has 0 aliphatic carbocycles. The molecule has 102 valence electrons. The maximum Gasteiger partial charge on any atom is 0.195 e. The molecule has 0 saturated carbocycles. The summed E-state index contributed by atoms with van der Waals surface area (Å²) in [5.74, 6) is 0.0432. The Kier molecular flexibility index (Phi) is 2.65. The molecule has 2 heterocycles. The molecule has 4 heteroatoms. The summed E-state index contributed by atoms with van der Waals surface area (Å²) >= 11 is 1.58. The van der Waals surface area contributed by atoms with Gasteiger partial charge in [0.1, 0.15) is 0 Å². The summed E-state index contributed by atoms with van der Waals surface area (Å²) in [6, 6.07) is 13.7. The SMILES string of the molecule is Cn1cc(C(=O)c2ccc3scnc3c2)c2ccccc21. The van der Waals surface area contributed by atoms with Crippen LogP contribution in [0.15, 0.2) is 54.2 Å². The number of ketones is 1. The second-order valence-corrected chi connectivity index (χ2v) is 5.92. The van der Waals surface area contributed by atoms with Crippen molar-refractivity contribution in [1.82, 2.24) is 9.55 Å².